The molecule has 2 rings (SSSR count). The Kier molecular flexibility index (Phi) is 13.1. The first-order valence-corrected chi connectivity index (χ1v) is 12.0. The predicted octanol–water partition coefficient (Wildman–Crippen LogP) is 5.20. The van der Waals surface area contributed by atoms with Crippen molar-refractivity contribution in [2.75, 3.05) is 26.3 Å². The van der Waals surface area contributed by atoms with Gasteiger partial charge >= 0.3 is 11.9 Å². The van der Waals surface area contributed by atoms with E-state index in [1.807, 2.05) is 31.2 Å². The molecule has 1 aromatic heterocycles. The molecule has 1 aromatic carbocycles. The Morgan fingerprint density at radius 2 is 1.26 bits per heavy atom. The fourth-order valence-electron chi connectivity index (χ4n) is 2.26. The van der Waals surface area contributed by atoms with E-state index < -0.39 is 7.59 Å². The van der Waals surface area contributed by atoms with Crippen molar-refractivity contribution in [2.24, 2.45) is 0 Å². The van der Waals surface area contributed by atoms with Crippen molar-refractivity contribution in [3.05, 3.63) is 41.5 Å². The number of halogens is 6. The molecule has 0 aliphatic rings. The van der Waals surface area contributed by atoms with Crippen LogP contribution in [-0.2, 0) is 26.6 Å². The molecule has 8 nitrogen and oxygen atoms in total. The molecule has 0 unspecified atom stereocenters. The van der Waals surface area contributed by atoms with Crippen LogP contribution in [-0.4, -0.2) is 53.2 Å². The second-order valence-electron chi connectivity index (χ2n) is 6.33. The van der Waals surface area contributed by atoms with E-state index in [0.29, 0.717) is 13.2 Å². The van der Waals surface area contributed by atoms with E-state index in [0.717, 1.165) is 11.1 Å². The second-order valence-corrected chi connectivity index (χ2v) is 10.9. The normalized spacial score (nSPS) is 11.3. The Morgan fingerprint density at radius 3 is 1.65 bits per heavy atom. The summed E-state index contributed by atoms with van der Waals surface area (Å²) in [6.07, 6.45) is 0. The molecule has 0 aliphatic heterocycles. The smallest absolute Gasteiger partial charge is 0.319 e. The number of alkyl halides is 6. The highest BCUT2D eigenvalue weighted by Gasteiger charge is 2.34. The van der Waals surface area contributed by atoms with E-state index in [2.05, 4.69) is 29.7 Å². The average Bonchev–Trinajstić information content (AvgIpc) is 2.73. The number of nitrogens with zero attached hydrogens (tertiary/aromatic N) is 3. The third kappa shape index (κ3) is 11.1. The largest absolute Gasteiger partial charge is 0.465 e. The number of hydrogen-bond donors (Lipinski definition) is 1. The zero-order valence-corrected chi connectivity index (χ0v) is 22.9. The molecular weight excluding hydrogens is 573 g/mol. The van der Waals surface area contributed by atoms with Crippen LogP contribution in [0.1, 0.15) is 31.1 Å². The van der Waals surface area contributed by atoms with Gasteiger partial charge in [-0.05, 0) is 26.3 Å². The average molecular weight is 595 g/mol. The summed E-state index contributed by atoms with van der Waals surface area (Å²) >= 11 is 35.0. The molecule has 0 aliphatic carbocycles. The van der Waals surface area contributed by atoms with Gasteiger partial charge in [0.25, 0.3) is 0 Å². The van der Waals surface area contributed by atoms with Gasteiger partial charge in [0.05, 0.1) is 26.3 Å². The van der Waals surface area contributed by atoms with E-state index in [-0.39, 0.29) is 42.5 Å². The quantitative estimate of drug-likeness (QED) is 0.345. The number of ether oxygens (including phenoxy) is 2. The van der Waals surface area contributed by atoms with E-state index in [1.165, 1.54) is 0 Å². The van der Waals surface area contributed by atoms with Crippen molar-refractivity contribution in [3.63, 3.8) is 0 Å². The summed E-state index contributed by atoms with van der Waals surface area (Å²) in [7, 11) is 0. The Bertz CT molecular complexity index is 917. The lowest BCUT2D eigenvalue weighted by Crippen LogP contribution is -2.30. The van der Waals surface area contributed by atoms with Crippen molar-refractivity contribution in [1.82, 2.24) is 20.3 Å². The molecule has 0 amide bonds. The zero-order chi connectivity index (χ0) is 25.9. The number of nitrogens with one attached hydrogen (secondary N) is 1. The molecule has 188 valence electrons. The molecule has 0 fully saturated rings. The minimum absolute atomic E-state index is 0.0344. The van der Waals surface area contributed by atoms with Gasteiger partial charge < -0.3 is 9.47 Å². The van der Waals surface area contributed by atoms with E-state index in [9.17, 15) is 9.59 Å². The van der Waals surface area contributed by atoms with Gasteiger partial charge in [0.2, 0.25) is 7.59 Å². The lowest BCUT2D eigenvalue weighted by Gasteiger charge is -2.16. The van der Waals surface area contributed by atoms with Crippen LogP contribution in [0.2, 0.25) is 0 Å². The maximum atomic E-state index is 10.7. The third-order valence-corrected chi connectivity index (χ3v) is 4.69. The summed E-state index contributed by atoms with van der Waals surface area (Å²) in [4.78, 5) is 33.7. The number of esters is 2. The minimum Gasteiger partial charge on any atom is -0.465 e. The Labute approximate surface area is 227 Å². The highest BCUT2D eigenvalue weighted by molar-refractivity contribution is 6.67. The minimum atomic E-state index is -1.86. The van der Waals surface area contributed by atoms with Crippen molar-refractivity contribution in [3.8, 4) is 11.4 Å². The van der Waals surface area contributed by atoms with E-state index >= 15 is 0 Å². The van der Waals surface area contributed by atoms with Crippen LogP contribution in [0.3, 0.4) is 0 Å². The predicted molar refractivity (Wildman–Crippen MR) is 135 cm³/mol. The number of carbonyl (C=O) groups is 2. The summed E-state index contributed by atoms with van der Waals surface area (Å²) in [5.41, 5.74) is 1.65. The van der Waals surface area contributed by atoms with Gasteiger partial charge in [-0.3, -0.25) is 14.9 Å². The molecule has 0 saturated carbocycles. The Morgan fingerprint density at radius 1 is 0.824 bits per heavy atom. The monoisotopic (exact) mass is 592 g/mol. The third-order valence-electron chi connectivity index (χ3n) is 3.68. The molecule has 1 heterocycles. The van der Waals surface area contributed by atoms with Crippen LogP contribution in [0.15, 0.2) is 24.3 Å². The van der Waals surface area contributed by atoms with Crippen molar-refractivity contribution in [1.29, 1.82) is 0 Å². The molecule has 0 spiro atoms. The van der Waals surface area contributed by atoms with Gasteiger partial charge in [-0.15, -0.1) is 0 Å². The van der Waals surface area contributed by atoms with Gasteiger partial charge in [0.1, 0.15) is 0 Å². The summed E-state index contributed by atoms with van der Waals surface area (Å²) in [5, 5.41) is 2.61. The van der Waals surface area contributed by atoms with Gasteiger partial charge in [0.15, 0.2) is 17.5 Å². The lowest BCUT2D eigenvalue weighted by molar-refractivity contribution is -0.143. The van der Waals surface area contributed by atoms with Gasteiger partial charge in [-0.2, -0.15) is 0 Å². The number of carbonyl (C=O) groups excluding carboxylic acids is 2. The summed E-state index contributed by atoms with van der Waals surface area (Å²) in [6.45, 7) is 6.11. The van der Waals surface area contributed by atoms with Crippen LogP contribution >= 0.6 is 69.6 Å². The molecule has 0 atom stereocenters. The maximum Gasteiger partial charge on any atom is 0.319 e. The summed E-state index contributed by atoms with van der Waals surface area (Å²) in [6, 6.07) is 7.42. The second kappa shape index (κ2) is 14.4. The first-order valence-electron chi connectivity index (χ1n) is 9.78. The summed E-state index contributed by atoms with van der Waals surface area (Å²) in [5.74, 6) is -0.687. The van der Waals surface area contributed by atoms with Crippen molar-refractivity contribution < 1.29 is 19.1 Å². The highest BCUT2D eigenvalue weighted by Crippen LogP contribution is 2.40. The molecule has 0 saturated heterocycles. The molecular formula is C20H22Cl6N4O4. The molecule has 14 heteroatoms. The molecule has 34 heavy (non-hydrogen) atoms. The van der Waals surface area contributed by atoms with E-state index in [1.54, 1.807) is 13.8 Å². The van der Waals surface area contributed by atoms with Crippen LogP contribution < -0.4 is 5.32 Å². The standard InChI is InChI=1S/C12H7Cl6N3.C8H15NO4/c1-6-4-2-3-5-7(6)8-19-9(11(13,14)15)21-10(20-8)12(16,17)18;1-3-12-7(10)5-9-6-8(11)13-4-2/h2-5H,1H3;9H,3-6H2,1-2H3. The fraction of sp³-hybridized carbons (Fsp3) is 0.450. The first-order chi connectivity index (χ1) is 15.8. The number of hydrogen-bond acceptors (Lipinski definition) is 8. The van der Waals surface area contributed by atoms with Gasteiger partial charge in [0, 0.05) is 5.56 Å². The molecule has 0 bridgehead atoms. The van der Waals surface area contributed by atoms with Crippen LogP contribution in [0.5, 0.6) is 0 Å². The lowest BCUT2D eigenvalue weighted by atomic mass is 10.1. The number of benzene rings is 1. The van der Waals surface area contributed by atoms with Crippen molar-refractivity contribution >= 4 is 81.5 Å². The molecule has 1 N–H and O–H groups in total. The molecule has 2 aromatic rings. The van der Waals surface area contributed by atoms with Crippen LogP contribution in [0, 0.1) is 6.92 Å². The SMILES string of the molecule is CCOC(=O)CNCC(=O)OCC.Cc1ccccc1-c1nc(C(Cl)(Cl)Cl)nc(C(Cl)(Cl)Cl)n1. The Hall–Kier alpha value is -1.13. The van der Waals surface area contributed by atoms with Gasteiger partial charge in [-0.1, -0.05) is 93.9 Å². The van der Waals surface area contributed by atoms with Crippen LogP contribution in [0.4, 0.5) is 0 Å². The van der Waals surface area contributed by atoms with E-state index in [4.69, 9.17) is 69.6 Å². The molecule has 0 radical (unpaired) electrons. The van der Waals surface area contributed by atoms with Crippen LogP contribution in [0.25, 0.3) is 11.4 Å². The highest BCUT2D eigenvalue weighted by atomic mass is 35.6. The topological polar surface area (TPSA) is 103 Å². The summed E-state index contributed by atoms with van der Waals surface area (Å²) < 4.78 is 5.55. The fourth-order valence-corrected chi connectivity index (χ4v) is 2.77. The maximum absolute atomic E-state index is 10.7. The van der Waals surface area contributed by atoms with Crippen molar-refractivity contribution in [2.45, 2.75) is 28.4 Å². The zero-order valence-electron chi connectivity index (χ0n) is 18.4. The number of rotatable bonds is 7. The first kappa shape index (κ1) is 30.9. The Balaban J connectivity index is 0.000000385. The number of aromatic nitrogens is 3. The van der Waals surface area contributed by atoms with Gasteiger partial charge in [-0.25, -0.2) is 15.0 Å². The number of aryl methyl sites for hydroxylation is 1.